The van der Waals surface area contributed by atoms with Crippen molar-refractivity contribution in [1.29, 1.82) is 0 Å². The summed E-state index contributed by atoms with van der Waals surface area (Å²) in [6, 6.07) is 0.643. The van der Waals surface area contributed by atoms with Crippen molar-refractivity contribution in [3.63, 3.8) is 0 Å². The molecule has 3 N–H and O–H groups in total. The van der Waals surface area contributed by atoms with Crippen molar-refractivity contribution in [2.45, 2.75) is 58.5 Å². The van der Waals surface area contributed by atoms with Crippen molar-refractivity contribution < 1.29 is 9.90 Å². The van der Waals surface area contributed by atoms with Crippen LogP contribution in [-0.2, 0) is 4.79 Å². The van der Waals surface area contributed by atoms with Gasteiger partial charge in [0, 0.05) is 25.1 Å². The Kier molecular flexibility index (Phi) is 9.24. The van der Waals surface area contributed by atoms with E-state index in [1.165, 1.54) is 0 Å². The van der Waals surface area contributed by atoms with E-state index >= 15 is 0 Å². The van der Waals surface area contributed by atoms with Crippen LogP contribution in [0.4, 0.5) is 0 Å². The summed E-state index contributed by atoms with van der Waals surface area (Å²) in [5.41, 5.74) is 0. The topological polar surface area (TPSA) is 61.4 Å². The third-order valence-electron chi connectivity index (χ3n) is 2.34. The lowest BCUT2D eigenvalue weighted by Crippen LogP contribution is -2.33. The van der Waals surface area contributed by atoms with Gasteiger partial charge < -0.3 is 15.7 Å². The molecule has 0 heterocycles. The molecule has 0 aromatic carbocycles. The third-order valence-corrected chi connectivity index (χ3v) is 2.34. The molecule has 0 fully saturated rings. The summed E-state index contributed by atoms with van der Waals surface area (Å²) in [4.78, 5) is 11.5. The van der Waals surface area contributed by atoms with Crippen LogP contribution in [0.2, 0.25) is 0 Å². The Balaban J connectivity index is 3.43. The quantitative estimate of drug-likeness (QED) is 0.519. The number of hydrogen-bond acceptors (Lipinski definition) is 3. The van der Waals surface area contributed by atoms with E-state index in [9.17, 15) is 4.79 Å². The first kappa shape index (κ1) is 15.4. The van der Waals surface area contributed by atoms with E-state index in [0.29, 0.717) is 12.5 Å². The summed E-state index contributed by atoms with van der Waals surface area (Å²) >= 11 is 0. The lowest BCUT2D eigenvalue weighted by atomic mass is 10.2. The minimum absolute atomic E-state index is 0.107. The molecular weight excluding hydrogens is 204 g/mol. The van der Waals surface area contributed by atoms with Gasteiger partial charge in [-0.15, -0.1) is 0 Å². The summed E-state index contributed by atoms with van der Waals surface area (Å²) < 4.78 is 0. The molecule has 0 spiro atoms. The molecule has 0 aromatic rings. The van der Waals surface area contributed by atoms with Crippen LogP contribution in [0.3, 0.4) is 0 Å². The van der Waals surface area contributed by atoms with Crippen LogP contribution in [0.1, 0.15) is 46.5 Å². The van der Waals surface area contributed by atoms with Gasteiger partial charge in [0.1, 0.15) is 0 Å². The second kappa shape index (κ2) is 9.60. The van der Waals surface area contributed by atoms with Gasteiger partial charge in [-0.05, 0) is 32.7 Å². The first-order chi connectivity index (χ1) is 7.56. The molecule has 0 radical (unpaired) electrons. The van der Waals surface area contributed by atoms with Crippen LogP contribution in [0, 0.1) is 0 Å². The van der Waals surface area contributed by atoms with E-state index in [1.807, 2.05) is 6.92 Å². The molecule has 0 aliphatic carbocycles. The number of amides is 1. The maximum atomic E-state index is 11.5. The largest absolute Gasteiger partial charge is 0.396 e. The number of aliphatic hydroxyl groups excluding tert-OH is 1. The Bertz CT molecular complexity index is 184. The van der Waals surface area contributed by atoms with Crippen molar-refractivity contribution in [2.24, 2.45) is 0 Å². The number of hydrogen-bond donors (Lipinski definition) is 3. The minimum Gasteiger partial charge on any atom is -0.396 e. The summed E-state index contributed by atoms with van der Waals surface area (Å²) in [6.07, 6.45) is 3.03. The molecule has 4 nitrogen and oxygen atoms in total. The SMILES string of the molecule is CC(C)NCCCC(=O)NC(C)CCCO. The predicted molar refractivity (Wildman–Crippen MR) is 66.3 cm³/mol. The number of carbonyl (C=O) groups excluding carboxylic acids is 1. The summed E-state index contributed by atoms with van der Waals surface area (Å²) in [5.74, 6) is 0.107. The zero-order valence-electron chi connectivity index (χ0n) is 10.8. The van der Waals surface area contributed by atoms with Gasteiger partial charge in [-0.2, -0.15) is 0 Å². The Hall–Kier alpha value is -0.610. The Morgan fingerprint density at radius 2 is 1.94 bits per heavy atom. The molecule has 0 rings (SSSR count). The van der Waals surface area contributed by atoms with E-state index in [2.05, 4.69) is 24.5 Å². The van der Waals surface area contributed by atoms with Gasteiger partial charge in [-0.3, -0.25) is 4.79 Å². The Labute approximate surface area is 98.8 Å². The first-order valence-corrected chi connectivity index (χ1v) is 6.20. The van der Waals surface area contributed by atoms with Gasteiger partial charge in [-0.1, -0.05) is 13.8 Å². The van der Waals surface area contributed by atoms with Gasteiger partial charge in [0.05, 0.1) is 0 Å². The van der Waals surface area contributed by atoms with Gasteiger partial charge in [0.15, 0.2) is 0 Å². The van der Waals surface area contributed by atoms with Gasteiger partial charge in [0.25, 0.3) is 0 Å². The second-order valence-corrected chi connectivity index (χ2v) is 4.55. The van der Waals surface area contributed by atoms with Crippen molar-refractivity contribution in [2.75, 3.05) is 13.2 Å². The highest BCUT2D eigenvalue weighted by Gasteiger charge is 2.06. The molecule has 96 valence electrons. The summed E-state index contributed by atoms with van der Waals surface area (Å²) in [5, 5.41) is 14.9. The molecule has 0 aromatic heterocycles. The van der Waals surface area contributed by atoms with Gasteiger partial charge >= 0.3 is 0 Å². The van der Waals surface area contributed by atoms with Gasteiger partial charge in [-0.25, -0.2) is 0 Å². The number of rotatable bonds is 9. The molecule has 16 heavy (non-hydrogen) atoms. The molecule has 0 saturated carbocycles. The maximum absolute atomic E-state index is 11.5. The Morgan fingerprint density at radius 3 is 2.50 bits per heavy atom. The summed E-state index contributed by atoms with van der Waals surface area (Å²) in [6.45, 7) is 7.24. The molecule has 0 aliphatic heterocycles. The van der Waals surface area contributed by atoms with E-state index in [-0.39, 0.29) is 18.6 Å². The van der Waals surface area contributed by atoms with Crippen LogP contribution in [0.25, 0.3) is 0 Å². The van der Waals surface area contributed by atoms with E-state index in [1.54, 1.807) is 0 Å². The smallest absolute Gasteiger partial charge is 0.220 e. The molecule has 1 amide bonds. The van der Waals surface area contributed by atoms with Crippen molar-refractivity contribution in [3.05, 3.63) is 0 Å². The van der Waals surface area contributed by atoms with Crippen LogP contribution >= 0.6 is 0 Å². The highest BCUT2D eigenvalue weighted by atomic mass is 16.2. The first-order valence-electron chi connectivity index (χ1n) is 6.20. The second-order valence-electron chi connectivity index (χ2n) is 4.55. The van der Waals surface area contributed by atoms with Crippen LogP contribution in [0.15, 0.2) is 0 Å². The van der Waals surface area contributed by atoms with Crippen LogP contribution in [-0.4, -0.2) is 36.2 Å². The van der Waals surface area contributed by atoms with E-state index in [0.717, 1.165) is 25.8 Å². The zero-order chi connectivity index (χ0) is 12.4. The number of aliphatic hydroxyl groups is 1. The zero-order valence-corrected chi connectivity index (χ0v) is 10.8. The normalized spacial score (nSPS) is 12.8. The van der Waals surface area contributed by atoms with Crippen LogP contribution < -0.4 is 10.6 Å². The summed E-state index contributed by atoms with van der Waals surface area (Å²) in [7, 11) is 0. The number of carbonyl (C=O) groups is 1. The molecule has 4 heteroatoms. The predicted octanol–water partition coefficient (Wildman–Crippen LogP) is 1.04. The molecule has 0 bridgehead atoms. The standard InChI is InChI=1S/C12H26N2O2/c1-10(2)13-8-4-7-12(16)14-11(3)6-5-9-15/h10-11,13,15H,4-9H2,1-3H3,(H,14,16). The fourth-order valence-electron chi connectivity index (χ4n) is 1.46. The lowest BCUT2D eigenvalue weighted by Gasteiger charge is -2.13. The highest BCUT2D eigenvalue weighted by Crippen LogP contribution is 1.97. The maximum Gasteiger partial charge on any atom is 0.220 e. The minimum atomic E-state index is 0.107. The fraction of sp³-hybridized carbons (Fsp3) is 0.917. The fourth-order valence-corrected chi connectivity index (χ4v) is 1.46. The Morgan fingerprint density at radius 1 is 1.25 bits per heavy atom. The van der Waals surface area contributed by atoms with Crippen LogP contribution in [0.5, 0.6) is 0 Å². The van der Waals surface area contributed by atoms with Crippen molar-refractivity contribution >= 4 is 5.91 Å². The van der Waals surface area contributed by atoms with Gasteiger partial charge in [0.2, 0.25) is 5.91 Å². The van der Waals surface area contributed by atoms with E-state index < -0.39 is 0 Å². The molecular formula is C12H26N2O2. The third kappa shape index (κ3) is 9.93. The monoisotopic (exact) mass is 230 g/mol. The lowest BCUT2D eigenvalue weighted by molar-refractivity contribution is -0.121. The van der Waals surface area contributed by atoms with E-state index in [4.69, 9.17) is 5.11 Å². The molecule has 1 atom stereocenters. The number of nitrogens with one attached hydrogen (secondary N) is 2. The van der Waals surface area contributed by atoms with Crippen molar-refractivity contribution in [3.8, 4) is 0 Å². The molecule has 0 aliphatic rings. The average molecular weight is 230 g/mol. The average Bonchev–Trinajstić information content (AvgIpc) is 2.21. The highest BCUT2D eigenvalue weighted by molar-refractivity contribution is 5.76. The molecule has 0 saturated heterocycles. The van der Waals surface area contributed by atoms with Crippen molar-refractivity contribution in [1.82, 2.24) is 10.6 Å². The molecule has 1 unspecified atom stereocenters.